The highest BCUT2D eigenvalue weighted by molar-refractivity contribution is 7.97. The molecule has 19 heavy (non-hydrogen) atoms. The summed E-state index contributed by atoms with van der Waals surface area (Å²) in [6.07, 6.45) is 2.39. The molecule has 0 amide bonds. The number of nitrogens with zero attached hydrogens (tertiary/aromatic N) is 5. The van der Waals surface area contributed by atoms with Crippen LogP contribution in [0.15, 0.2) is 24.3 Å². The standard InChI is InChI=1S/C13H13N5S/c14-7-10-1-3-11(4-2-10)8-19-9-13-15-16-17-18(13)12-5-6-12/h1-4,12H,5-6,8-9H2. The van der Waals surface area contributed by atoms with Crippen LogP contribution in [-0.4, -0.2) is 20.2 Å². The zero-order valence-electron chi connectivity index (χ0n) is 10.4. The molecular weight excluding hydrogens is 258 g/mol. The van der Waals surface area contributed by atoms with E-state index in [0.717, 1.165) is 17.3 Å². The van der Waals surface area contributed by atoms with E-state index in [4.69, 9.17) is 5.26 Å². The summed E-state index contributed by atoms with van der Waals surface area (Å²) in [6, 6.07) is 10.3. The normalized spacial score (nSPS) is 14.3. The van der Waals surface area contributed by atoms with E-state index in [1.807, 2.05) is 28.9 Å². The van der Waals surface area contributed by atoms with E-state index >= 15 is 0 Å². The molecule has 1 heterocycles. The summed E-state index contributed by atoms with van der Waals surface area (Å²) in [4.78, 5) is 0. The van der Waals surface area contributed by atoms with Crippen molar-refractivity contribution in [1.82, 2.24) is 20.2 Å². The van der Waals surface area contributed by atoms with Crippen LogP contribution in [0.25, 0.3) is 0 Å². The van der Waals surface area contributed by atoms with Gasteiger partial charge >= 0.3 is 0 Å². The number of benzene rings is 1. The fourth-order valence-corrected chi connectivity index (χ4v) is 2.75. The van der Waals surface area contributed by atoms with Gasteiger partial charge in [0.25, 0.3) is 0 Å². The van der Waals surface area contributed by atoms with Gasteiger partial charge in [-0.2, -0.15) is 5.26 Å². The van der Waals surface area contributed by atoms with Crippen molar-refractivity contribution < 1.29 is 0 Å². The number of hydrogen-bond donors (Lipinski definition) is 0. The van der Waals surface area contributed by atoms with E-state index in [2.05, 4.69) is 21.6 Å². The molecular formula is C13H13N5S. The van der Waals surface area contributed by atoms with E-state index in [-0.39, 0.29) is 0 Å². The summed E-state index contributed by atoms with van der Waals surface area (Å²) in [5.74, 6) is 2.69. The lowest BCUT2D eigenvalue weighted by Crippen LogP contribution is -2.02. The Morgan fingerprint density at radius 3 is 2.74 bits per heavy atom. The van der Waals surface area contributed by atoms with Crippen molar-refractivity contribution in [1.29, 1.82) is 5.26 Å². The van der Waals surface area contributed by atoms with Crippen LogP contribution in [0.3, 0.4) is 0 Å². The van der Waals surface area contributed by atoms with Gasteiger partial charge in [-0.05, 0) is 41.0 Å². The molecule has 1 fully saturated rings. The zero-order valence-corrected chi connectivity index (χ0v) is 11.2. The average Bonchev–Trinajstić information content (AvgIpc) is 3.19. The highest BCUT2D eigenvalue weighted by atomic mass is 32.2. The third-order valence-electron chi connectivity index (χ3n) is 3.04. The predicted molar refractivity (Wildman–Crippen MR) is 72.2 cm³/mol. The van der Waals surface area contributed by atoms with Crippen LogP contribution in [0, 0.1) is 11.3 Å². The third kappa shape index (κ3) is 2.93. The highest BCUT2D eigenvalue weighted by Crippen LogP contribution is 2.35. The van der Waals surface area contributed by atoms with E-state index < -0.39 is 0 Å². The number of rotatable bonds is 5. The molecule has 1 aromatic carbocycles. The molecule has 0 bridgehead atoms. The van der Waals surface area contributed by atoms with E-state index in [9.17, 15) is 0 Å². The fourth-order valence-electron chi connectivity index (χ4n) is 1.85. The molecule has 0 spiro atoms. The summed E-state index contributed by atoms with van der Waals surface area (Å²) in [6.45, 7) is 0. The van der Waals surface area contributed by atoms with Crippen molar-refractivity contribution in [2.45, 2.75) is 30.4 Å². The van der Waals surface area contributed by atoms with Gasteiger partial charge in [0.2, 0.25) is 0 Å². The molecule has 0 aliphatic heterocycles. The quantitative estimate of drug-likeness (QED) is 0.834. The number of nitriles is 1. The van der Waals surface area contributed by atoms with Gasteiger partial charge in [-0.15, -0.1) is 16.9 Å². The van der Waals surface area contributed by atoms with Crippen molar-refractivity contribution in [2.24, 2.45) is 0 Å². The molecule has 2 aromatic rings. The van der Waals surface area contributed by atoms with Crippen LogP contribution in [0.2, 0.25) is 0 Å². The predicted octanol–water partition coefficient (Wildman–Crippen LogP) is 2.31. The molecule has 0 unspecified atom stereocenters. The smallest absolute Gasteiger partial charge is 0.161 e. The SMILES string of the molecule is N#Cc1ccc(CSCc2nnnn2C2CC2)cc1. The topological polar surface area (TPSA) is 67.4 Å². The maximum absolute atomic E-state index is 8.74. The van der Waals surface area contributed by atoms with Crippen molar-refractivity contribution in [3.8, 4) is 6.07 Å². The molecule has 0 radical (unpaired) electrons. The molecule has 0 atom stereocenters. The summed E-state index contributed by atoms with van der Waals surface area (Å²) >= 11 is 1.79. The number of aromatic nitrogens is 4. The Morgan fingerprint density at radius 1 is 1.26 bits per heavy atom. The fraction of sp³-hybridized carbons (Fsp3) is 0.385. The number of hydrogen-bond acceptors (Lipinski definition) is 5. The van der Waals surface area contributed by atoms with Crippen LogP contribution in [-0.2, 0) is 11.5 Å². The van der Waals surface area contributed by atoms with Crippen molar-refractivity contribution in [2.75, 3.05) is 0 Å². The van der Waals surface area contributed by atoms with E-state index in [1.165, 1.54) is 18.4 Å². The molecule has 6 heteroatoms. The van der Waals surface area contributed by atoms with Crippen molar-refractivity contribution >= 4 is 11.8 Å². The zero-order chi connectivity index (χ0) is 13.1. The summed E-state index contributed by atoms with van der Waals surface area (Å²) in [5.41, 5.74) is 1.92. The Morgan fingerprint density at radius 2 is 2.05 bits per heavy atom. The maximum atomic E-state index is 8.74. The molecule has 1 aliphatic carbocycles. The summed E-state index contributed by atoms with van der Waals surface area (Å²) in [5, 5.41) is 20.6. The lowest BCUT2D eigenvalue weighted by Gasteiger charge is -2.03. The number of thioether (sulfide) groups is 1. The lowest BCUT2D eigenvalue weighted by molar-refractivity contribution is 0.593. The van der Waals surface area contributed by atoms with Gasteiger partial charge in [0, 0.05) is 5.75 Å². The highest BCUT2D eigenvalue weighted by Gasteiger charge is 2.27. The Hall–Kier alpha value is -1.87. The average molecular weight is 271 g/mol. The Kier molecular flexibility index (Phi) is 3.47. The van der Waals surface area contributed by atoms with Crippen LogP contribution in [0.4, 0.5) is 0 Å². The summed E-state index contributed by atoms with van der Waals surface area (Å²) in [7, 11) is 0. The van der Waals surface area contributed by atoms with Gasteiger partial charge in [-0.3, -0.25) is 0 Å². The van der Waals surface area contributed by atoms with Crippen LogP contribution < -0.4 is 0 Å². The second-order valence-corrected chi connectivity index (χ2v) is 5.56. The van der Waals surface area contributed by atoms with Crippen LogP contribution >= 0.6 is 11.8 Å². The second kappa shape index (κ2) is 5.41. The maximum Gasteiger partial charge on any atom is 0.161 e. The monoisotopic (exact) mass is 271 g/mol. The van der Waals surface area contributed by atoms with Gasteiger partial charge in [0.15, 0.2) is 5.82 Å². The lowest BCUT2D eigenvalue weighted by atomic mass is 10.2. The van der Waals surface area contributed by atoms with Crippen molar-refractivity contribution in [3.63, 3.8) is 0 Å². The van der Waals surface area contributed by atoms with Crippen LogP contribution in [0.5, 0.6) is 0 Å². The molecule has 96 valence electrons. The second-order valence-electron chi connectivity index (χ2n) is 4.57. The first-order chi connectivity index (χ1) is 9.36. The molecule has 0 saturated heterocycles. The van der Waals surface area contributed by atoms with Crippen molar-refractivity contribution in [3.05, 3.63) is 41.2 Å². The van der Waals surface area contributed by atoms with Gasteiger partial charge < -0.3 is 0 Å². The Labute approximate surface area is 115 Å². The first-order valence-electron chi connectivity index (χ1n) is 6.20. The Balaban J connectivity index is 1.54. The summed E-state index contributed by atoms with van der Waals surface area (Å²) < 4.78 is 1.95. The van der Waals surface area contributed by atoms with Gasteiger partial charge in [-0.1, -0.05) is 12.1 Å². The van der Waals surface area contributed by atoms with Crippen LogP contribution in [0.1, 0.15) is 35.8 Å². The minimum absolute atomic E-state index is 0.528. The molecule has 1 aromatic heterocycles. The van der Waals surface area contributed by atoms with Gasteiger partial charge in [0.1, 0.15) is 0 Å². The molecule has 1 saturated carbocycles. The minimum atomic E-state index is 0.528. The number of tetrazole rings is 1. The van der Waals surface area contributed by atoms with E-state index in [0.29, 0.717) is 11.6 Å². The molecule has 5 nitrogen and oxygen atoms in total. The van der Waals surface area contributed by atoms with Gasteiger partial charge in [0.05, 0.1) is 23.4 Å². The molecule has 3 rings (SSSR count). The molecule has 0 N–H and O–H groups in total. The Bertz CT molecular complexity index is 594. The first kappa shape index (κ1) is 12.2. The first-order valence-corrected chi connectivity index (χ1v) is 7.36. The van der Waals surface area contributed by atoms with Gasteiger partial charge in [-0.25, -0.2) is 4.68 Å². The largest absolute Gasteiger partial charge is 0.226 e. The third-order valence-corrected chi connectivity index (χ3v) is 4.04. The van der Waals surface area contributed by atoms with E-state index in [1.54, 1.807) is 11.8 Å². The molecule has 1 aliphatic rings. The minimum Gasteiger partial charge on any atom is -0.226 e.